The topological polar surface area (TPSA) is 54.3 Å². The van der Waals surface area contributed by atoms with Crippen LogP contribution < -0.4 is 4.74 Å². The summed E-state index contributed by atoms with van der Waals surface area (Å²) in [5, 5.41) is 6.91. The average molecular weight is 323 g/mol. The lowest BCUT2D eigenvalue weighted by Gasteiger charge is -2.24. The Kier molecular flexibility index (Phi) is 4.09. The number of ether oxygens (including phenoxy) is 1. The molecule has 5 nitrogen and oxygen atoms in total. The Labute approximate surface area is 141 Å². The zero-order valence-corrected chi connectivity index (χ0v) is 13.7. The van der Waals surface area contributed by atoms with E-state index in [0.29, 0.717) is 6.04 Å². The molecule has 0 aliphatic carbocycles. The van der Waals surface area contributed by atoms with Crippen molar-refractivity contribution in [2.45, 2.75) is 25.4 Å². The average Bonchev–Trinajstić information content (AvgIpc) is 3.36. The van der Waals surface area contributed by atoms with E-state index in [9.17, 15) is 0 Å². The van der Waals surface area contributed by atoms with Gasteiger partial charge in [-0.05, 0) is 55.3 Å². The molecule has 1 aliphatic rings. The number of furan rings is 1. The van der Waals surface area contributed by atoms with Gasteiger partial charge in [0.2, 0.25) is 0 Å². The van der Waals surface area contributed by atoms with E-state index in [2.05, 4.69) is 39.4 Å². The van der Waals surface area contributed by atoms with Crippen molar-refractivity contribution in [3.8, 4) is 17.2 Å². The second-order valence-electron chi connectivity index (χ2n) is 6.14. The summed E-state index contributed by atoms with van der Waals surface area (Å²) in [5.41, 5.74) is 2.22. The molecule has 1 N–H and O–H groups in total. The predicted octanol–water partition coefficient (Wildman–Crippen LogP) is 4.02. The molecule has 0 saturated carbocycles. The van der Waals surface area contributed by atoms with E-state index in [0.717, 1.165) is 36.1 Å². The summed E-state index contributed by atoms with van der Waals surface area (Å²) < 4.78 is 11.3. The standard InChI is InChI=1S/C19H21N3O2/c1-23-15-5-2-4-14(12-15)18-6-3-11-22(18)13-16-7-8-19(24-16)17-9-10-20-21-17/h2,4-5,7-10,12,18H,3,6,11,13H2,1H3,(H,20,21). The summed E-state index contributed by atoms with van der Waals surface area (Å²) >= 11 is 0. The van der Waals surface area contributed by atoms with Crippen LogP contribution in [-0.2, 0) is 6.54 Å². The van der Waals surface area contributed by atoms with Gasteiger partial charge in [0.05, 0.1) is 13.7 Å². The molecule has 1 unspecified atom stereocenters. The van der Waals surface area contributed by atoms with Crippen molar-refractivity contribution >= 4 is 0 Å². The van der Waals surface area contributed by atoms with Crippen LogP contribution in [0, 0.1) is 0 Å². The van der Waals surface area contributed by atoms with E-state index in [1.165, 1.54) is 18.4 Å². The van der Waals surface area contributed by atoms with Crippen molar-refractivity contribution in [2.75, 3.05) is 13.7 Å². The van der Waals surface area contributed by atoms with Gasteiger partial charge in [0.25, 0.3) is 0 Å². The Morgan fingerprint density at radius 1 is 1.29 bits per heavy atom. The van der Waals surface area contributed by atoms with Crippen LogP contribution in [0.15, 0.2) is 53.1 Å². The van der Waals surface area contributed by atoms with Gasteiger partial charge in [-0.25, -0.2) is 0 Å². The first-order valence-corrected chi connectivity index (χ1v) is 8.30. The van der Waals surface area contributed by atoms with Gasteiger partial charge in [-0.15, -0.1) is 0 Å². The third kappa shape index (κ3) is 2.95. The van der Waals surface area contributed by atoms with Crippen LogP contribution in [0.25, 0.3) is 11.5 Å². The maximum absolute atomic E-state index is 5.98. The van der Waals surface area contributed by atoms with Gasteiger partial charge in [0.1, 0.15) is 17.2 Å². The van der Waals surface area contributed by atoms with Crippen molar-refractivity contribution in [2.24, 2.45) is 0 Å². The molecule has 0 bridgehead atoms. The van der Waals surface area contributed by atoms with Crippen LogP contribution in [0.5, 0.6) is 5.75 Å². The number of benzene rings is 1. The molecule has 3 heterocycles. The summed E-state index contributed by atoms with van der Waals surface area (Å²) in [5.74, 6) is 2.73. The summed E-state index contributed by atoms with van der Waals surface area (Å²) in [6.45, 7) is 1.90. The molecule has 1 saturated heterocycles. The third-order valence-corrected chi connectivity index (χ3v) is 4.63. The highest BCUT2D eigenvalue weighted by Crippen LogP contribution is 2.35. The van der Waals surface area contributed by atoms with Gasteiger partial charge >= 0.3 is 0 Å². The largest absolute Gasteiger partial charge is 0.497 e. The summed E-state index contributed by atoms with van der Waals surface area (Å²) in [6.07, 6.45) is 4.11. The highest BCUT2D eigenvalue weighted by Gasteiger charge is 2.27. The Morgan fingerprint density at radius 2 is 2.25 bits per heavy atom. The summed E-state index contributed by atoms with van der Waals surface area (Å²) in [6, 6.07) is 14.8. The lowest BCUT2D eigenvalue weighted by molar-refractivity contribution is 0.228. The maximum atomic E-state index is 5.98. The Hall–Kier alpha value is -2.53. The van der Waals surface area contributed by atoms with E-state index in [-0.39, 0.29) is 0 Å². The number of nitrogens with zero attached hydrogens (tertiary/aromatic N) is 2. The monoisotopic (exact) mass is 323 g/mol. The lowest BCUT2D eigenvalue weighted by atomic mass is 10.0. The Bertz CT molecular complexity index is 795. The number of rotatable bonds is 5. The fourth-order valence-electron chi connectivity index (χ4n) is 3.44. The number of likely N-dealkylation sites (tertiary alicyclic amines) is 1. The maximum Gasteiger partial charge on any atom is 0.152 e. The highest BCUT2D eigenvalue weighted by molar-refractivity contribution is 5.51. The minimum Gasteiger partial charge on any atom is -0.497 e. The molecule has 0 radical (unpaired) electrons. The molecule has 124 valence electrons. The SMILES string of the molecule is COc1cccc(C2CCCN2Cc2ccc(-c3ccn[nH]3)o2)c1. The predicted molar refractivity (Wildman–Crippen MR) is 91.7 cm³/mol. The molecule has 1 aliphatic heterocycles. The van der Waals surface area contributed by atoms with Crippen molar-refractivity contribution in [3.63, 3.8) is 0 Å². The van der Waals surface area contributed by atoms with E-state index in [1.807, 2.05) is 18.2 Å². The van der Waals surface area contributed by atoms with Gasteiger partial charge in [-0.1, -0.05) is 12.1 Å². The molecular weight excluding hydrogens is 302 g/mol. The minimum atomic E-state index is 0.417. The van der Waals surface area contributed by atoms with Gasteiger partial charge in [-0.2, -0.15) is 5.10 Å². The van der Waals surface area contributed by atoms with Gasteiger partial charge < -0.3 is 9.15 Å². The minimum absolute atomic E-state index is 0.417. The summed E-state index contributed by atoms with van der Waals surface area (Å²) in [7, 11) is 1.71. The first kappa shape index (κ1) is 15.0. The van der Waals surface area contributed by atoms with Crippen LogP contribution in [0.4, 0.5) is 0 Å². The number of methoxy groups -OCH3 is 1. The summed E-state index contributed by atoms with van der Waals surface area (Å²) in [4.78, 5) is 2.48. The molecular formula is C19H21N3O2. The Morgan fingerprint density at radius 3 is 3.08 bits per heavy atom. The number of hydrogen-bond donors (Lipinski definition) is 1. The number of aromatic amines is 1. The van der Waals surface area contributed by atoms with Crippen molar-refractivity contribution in [1.29, 1.82) is 0 Å². The molecule has 4 rings (SSSR count). The molecule has 3 aromatic rings. The van der Waals surface area contributed by atoms with Crippen molar-refractivity contribution < 1.29 is 9.15 Å². The second kappa shape index (κ2) is 6.53. The van der Waals surface area contributed by atoms with Crippen molar-refractivity contribution in [1.82, 2.24) is 15.1 Å². The molecule has 1 fully saturated rings. The van der Waals surface area contributed by atoms with E-state index in [4.69, 9.17) is 9.15 Å². The van der Waals surface area contributed by atoms with Crippen LogP contribution >= 0.6 is 0 Å². The molecule has 0 amide bonds. The fraction of sp³-hybridized carbons (Fsp3) is 0.316. The molecule has 5 heteroatoms. The van der Waals surface area contributed by atoms with Crippen molar-refractivity contribution in [3.05, 3.63) is 60.0 Å². The Balaban J connectivity index is 1.51. The molecule has 24 heavy (non-hydrogen) atoms. The lowest BCUT2D eigenvalue weighted by Crippen LogP contribution is -2.22. The third-order valence-electron chi connectivity index (χ3n) is 4.63. The fourth-order valence-corrected chi connectivity index (χ4v) is 3.44. The molecule has 1 atom stereocenters. The van der Waals surface area contributed by atoms with E-state index < -0.39 is 0 Å². The van der Waals surface area contributed by atoms with Gasteiger partial charge in [0.15, 0.2) is 5.76 Å². The molecule has 0 spiro atoms. The zero-order valence-electron chi connectivity index (χ0n) is 13.7. The highest BCUT2D eigenvalue weighted by atomic mass is 16.5. The van der Waals surface area contributed by atoms with Crippen LogP contribution in [0.1, 0.15) is 30.2 Å². The van der Waals surface area contributed by atoms with Gasteiger partial charge in [-0.3, -0.25) is 10.00 Å². The smallest absolute Gasteiger partial charge is 0.152 e. The number of aromatic nitrogens is 2. The number of H-pyrrole nitrogens is 1. The quantitative estimate of drug-likeness (QED) is 0.770. The normalized spacial score (nSPS) is 18.1. The van der Waals surface area contributed by atoms with E-state index in [1.54, 1.807) is 13.3 Å². The number of hydrogen-bond acceptors (Lipinski definition) is 4. The molecule has 2 aromatic heterocycles. The molecule has 1 aromatic carbocycles. The van der Waals surface area contributed by atoms with Crippen LogP contribution in [0.3, 0.4) is 0 Å². The number of nitrogens with one attached hydrogen (secondary N) is 1. The second-order valence-corrected chi connectivity index (χ2v) is 6.14. The van der Waals surface area contributed by atoms with E-state index >= 15 is 0 Å². The van der Waals surface area contributed by atoms with Crippen LogP contribution in [-0.4, -0.2) is 28.8 Å². The first-order chi connectivity index (χ1) is 11.8. The van der Waals surface area contributed by atoms with Crippen LogP contribution in [0.2, 0.25) is 0 Å². The van der Waals surface area contributed by atoms with Gasteiger partial charge in [0, 0.05) is 12.2 Å². The zero-order chi connectivity index (χ0) is 16.4. The first-order valence-electron chi connectivity index (χ1n) is 8.30.